The summed E-state index contributed by atoms with van der Waals surface area (Å²) < 4.78 is 55.2. The van der Waals surface area contributed by atoms with Gasteiger partial charge in [0.25, 0.3) is 0 Å². The summed E-state index contributed by atoms with van der Waals surface area (Å²) in [5.41, 5.74) is 1.83. The Morgan fingerprint density at radius 1 is 0.882 bits per heavy atom. The van der Waals surface area contributed by atoms with Crippen molar-refractivity contribution in [3.05, 3.63) is 84.2 Å². The number of rotatable bonds is 9. The fourth-order valence-electron chi connectivity index (χ4n) is 3.37. The monoisotopic (exact) mass is 501 g/mol. The van der Waals surface area contributed by atoms with Gasteiger partial charge in [-0.2, -0.15) is 0 Å². The lowest BCUT2D eigenvalue weighted by atomic mass is 10.0. The highest BCUT2D eigenvalue weighted by Crippen LogP contribution is 2.29. The van der Waals surface area contributed by atoms with Crippen molar-refractivity contribution in [2.75, 3.05) is 11.9 Å². The van der Waals surface area contributed by atoms with Crippen LogP contribution >= 0.6 is 0 Å². The molecule has 0 saturated carbocycles. The van der Waals surface area contributed by atoms with Gasteiger partial charge in [-0.3, -0.25) is 9.78 Å². The molecule has 3 aromatic rings. The van der Waals surface area contributed by atoms with Crippen molar-refractivity contribution in [3.8, 4) is 0 Å². The van der Waals surface area contributed by atoms with Gasteiger partial charge in [0.15, 0.2) is 9.84 Å². The second kappa shape index (κ2) is 10.5. The molecule has 0 radical (unpaired) electrons. The van der Waals surface area contributed by atoms with E-state index in [9.17, 15) is 21.6 Å². The number of sulfonamides is 1. The molecule has 0 aliphatic heterocycles. The van der Waals surface area contributed by atoms with Crippen LogP contribution in [-0.2, 0) is 24.7 Å². The van der Waals surface area contributed by atoms with Crippen LogP contribution < -0.4 is 10.0 Å². The van der Waals surface area contributed by atoms with Crippen LogP contribution in [-0.4, -0.2) is 34.3 Å². The van der Waals surface area contributed by atoms with Crippen LogP contribution in [0.4, 0.5) is 5.69 Å². The number of aromatic nitrogens is 1. The first-order valence-electron chi connectivity index (χ1n) is 10.6. The number of nitrogens with one attached hydrogen (secondary N) is 2. The van der Waals surface area contributed by atoms with Crippen molar-refractivity contribution in [1.29, 1.82) is 0 Å². The molecule has 1 heterocycles. The average molecular weight is 502 g/mol. The Hall–Kier alpha value is -3.08. The molecule has 0 fully saturated rings. The lowest BCUT2D eigenvalue weighted by molar-refractivity contribution is -0.114. The summed E-state index contributed by atoms with van der Waals surface area (Å²) in [6.07, 6.45) is 2.94. The van der Waals surface area contributed by atoms with Gasteiger partial charge >= 0.3 is 0 Å². The molecule has 1 unspecified atom stereocenters. The molecular formula is C24H27N3O5S2. The van der Waals surface area contributed by atoms with E-state index in [4.69, 9.17) is 0 Å². The third kappa shape index (κ3) is 6.07. The smallest absolute Gasteiger partial charge is 0.240 e. The second-order valence-corrected chi connectivity index (χ2v) is 12.0. The van der Waals surface area contributed by atoms with E-state index in [0.29, 0.717) is 11.3 Å². The van der Waals surface area contributed by atoms with Crippen molar-refractivity contribution in [2.45, 2.75) is 41.7 Å². The SMILES string of the molecule is CC(=O)Nc1ccc(S(=O)(=O)NCC(c2cccnc2)S(=O)(=O)c2ccc(C(C)C)cc2)cc1. The molecule has 1 atom stereocenters. The van der Waals surface area contributed by atoms with Gasteiger partial charge in [-0.05, 0) is 59.5 Å². The maximum absolute atomic E-state index is 13.5. The molecule has 0 aliphatic rings. The predicted molar refractivity (Wildman–Crippen MR) is 131 cm³/mol. The third-order valence-electron chi connectivity index (χ3n) is 5.25. The highest BCUT2D eigenvalue weighted by Gasteiger charge is 2.31. The Morgan fingerprint density at radius 2 is 1.50 bits per heavy atom. The Morgan fingerprint density at radius 3 is 2.03 bits per heavy atom. The molecule has 180 valence electrons. The number of sulfone groups is 1. The number of nitrogens with zero attached hydrogens (tertiary/aromatic N) is 1. The van der Waals surface area contributed by atoms with E-state index in [1.165, 1.54) is 43.6 Å². The second-order valence-electron chi connectivity index (χ2n) is 8.10. The van der Waals surface area contributed by atoms with Crippen molar-refractivity contribution in [1.82, 2.24) is 9.71 Å². The standard InChI is InChI=1S/C24H27N3O5S2/c1-17(2)19-6-10-22(11-7-19)33(29,30)24(20-5-4-14-25-15-20)16-26-34(31,32)23-12-8-21(9-13-23)27-18(3)28/h4-15,17,24,26H,16H2,1-3H3,(H,27,28). The lowest BCUT2D eigenvalue weighted by Gasteiger charge is -2.19. The number of carbonyl (C=O) groups excluding carboxylic acids is 1. The quantitative estimate of drug-likeness (QED) is 0.461. The fraction of sp³-hybridized carbons (Fsp3) is 0.250. The summed E-state index contributed by atoms with van der Waals surface area (Å²) in [6, 6.07) is 15.4. The molecule has 1 aromatic heterocycles. The van der Waals surface area contributed by atoms with Gasteiger partial charge in [-0.1, -0.05) is 32.0 Å². The molecule has 0 saturated heterocycles. The van der Waals surface area contributed by atoms with Gasteiger partial charge in [0.2, 0.25) is 15.9 Å². The Kier molecular flexibility index (Phi) is 7.86. The van der Waals surface area contributed by atoms with Crippen molar-refractivity contribution >= 4 is 31.5 Å². The average Bonchev–Trinajstić information content (AvgIpc) is 2.79. The Labute approximate surface area is 200 Å². The molecule has 1 amide bonds. The molecular weight excluding hydrogens is 474 g/mol. The van der Waals surface area contributed by atoms with Crippen LogP contribution in [0.1, 0.15) is 43.1 Å². The van der Waals surface area contributed by atoms with E-state index < -0.39 is 25.1 Å². The van der Waals surface area contributed by atoms with Gasteiger partial charge in [0.05, 0.1) is 9.79 Å². The van der Waals surface area contributed by atoms with E-state index in [1.54, 1.807) is 36.4 Å². The third-order valence-corrected chi connectivity index (χ3v) is 8.81. The largest absolute Gasteiger partial charge is 0.326 e. The summed E-state index contributed by atoms with van der Waals surface area (Å²) in [4.78, 5) is 15.2. The molecule has 34 heavy (non-hydrogen) atoms. The van der Waals surface area contributed by atoms with Crippen molar-refractivity contribution < 1.29 is 21.6 Å². The summed E-state index contributed by atoms with van der Waals surface area (Å²) in [5.74, 6) is -0.0330. The molecule has 8 nitrogen and oxygen atoms in total. The number of anilines is 1. The minimum atomic E-state index is -4.02. The first-order valence-corrected chi connectivity index (χ1v) is 13.6. The van der Waals surface area contributed by atoms with Gasteiger partial charge < -0.3 is 5.32 Å². The molecule has 2 aromatic carbocycles. The van der Waals surface area contributed by atoms with Crippen LogP contribution in [0.2, 0.25) is 0 Å². The first kappa shape index (κ1) is 25.5. The summed E-state index contributed by atoms with van der Waals surface area (Å²) in [6.45, 7) is 5.00. The van der Waals surface area contributed by atoms with Gasteiger partial charge in [-0.25, -0.2) is 21.6 Å². The Balaban J connectivity index is 1.89. The van der Waals surface area contributed by atoms with Crippen molar-refractivity contribution in [2.24, 2.45) is 0 Å². The zero-order chi connectivity index (χ0) is 24.9. The molecule has 0 bridgehead atoms. The molecule has 0 aliphatic carbocycles. The van der Waals surface area contributed by atoms with E-state index in [0.717, 1.165) is 5.56 Å². The summed E-state index contributed by atoms with van der Waals surface area (Å²) in [5, 5.41) is 1.38. The number of amides is 1. The maximum atomic E-state index is 13.5. The number of carbonyl (C=O) groups is 1. The van der Waals surface area contributed by atoms with E-state index >= 15 is 0 Å². The van der Waals surface area contributed by atoms with Crippen molar-refractivity contribution in [3.63, 3.8) is 0 Å². The number of benzene rings is 2. The minimum Gasteiger partial charge on any atom is -0.326 e. The molecule has 2 N–H and O–H groups in total. The van der Waals surface area contributed by atoms with E-state index in [2.05, 4.69) is 15.0 Å². The van der Waals surface area contributed by atoms with Gasteiger partial charge in [0.1, 0.15) is 5.25 Å². The lowest BCUT2D eigenvalue weighted by Crippen LogP contribution is -2.32. The first-order chi connectivity index (χ1) is 16.0. The molecule has 0 spiro atoms. The Bertz CT molecular complexity index is 1340. The van der Waals surface area contributed by atoms with Crippen LogP contribution in [0.3, 0.4) is 0 Å². The van der Waals surface area contributed by atoms with Gasteiger partial charge in [0, 0.05) is 31.5 Å². The van der Waals surface area contributed by atoms with Crippen LogP contribution in [0.5, 0.6) is 0 Å². The topological polar surface area (TPSA) is 122 Å². The summed E-state index contributed by atoms with van der Waals surface area (Å²) in [7, 11) is -7.95. The highest BCUT2D eigenvalue weighted by atomic mass is 32.2. The zero-order valence-electron chi connectivity index (χ0n) is 19.1. The summed E-state index contributed by atoms with van der Waals surface area (Å²) >= 11 is 0. The van der Waals surface area contributed by atoms with Gasteiger partial charge in [-0.15, -0.1) is 0 Å². The number of hydrogen-bond donors (Lipinski definition) is 2. The molecule has 10 heteroatoms. The highest BCUT2D eigenvalue weighted by molar-refractivity contribution is 7.92. The van der Waals surface area contributed by atoms with Crippen LogP contribution in [0, 0.1) is 0 Å². The maximum Gasteiger partial charge on any atom is 0.240 e. The van der Waals surface area contributed by atoms with Crippen LogP contribution in [0.25, 0.3) is 0 Å². The normalized spacial score (nSPS) is 12.9. The minimum absolute atomic E-state index is 0.0507. The van der Waals surface area contributed by atoms with Crippen LogP contribution in [0.15, 0.2) is 82.8 Å². The fourth-order valence-corrected chi connectivity index (χ4v) is 6.17. The van der Waals surface area contributed by atoms with E-state index in [1.807, 2.05) is 13.8 Å². The van der Waals surface area contributed by atoms with E-state index in [-0.39, 0.29) is 28.2 Å². The predicted octanol–water partition coefficient (Wildman–Crippen LogP) is 3.66. The zero-order valence-corrected chi connectivity index (χ0v) is 20.7. The molecule has 3 rings (SSSR count). The number of hydrogen-bond acceptors (Lipinski definition) is 6. The number of pyridine rings is 1.